The Bertz CT molecular complexity index is 1480. The van der Waals surface area contributed by atoms with E-state index in [1.54, 1.807) is 21.4 Å². The lowest BCUT2D eigenvalue weighted by atomic mass is 9.97. The maximum atomic E-state index is 13.7. The predicted molar refractivity (Wildman–Crippen MR) is 134 cm³/mol. The minimum atomic E-state index is -2.93. The Labute approximate surface area is 206 Å². The quantitative estimate of drug-likeness (QED) is 0.364. The average molecular weight is 499 g/mol. The van der Waals surface area contributed by atoms with Crippen LogP contribution in [0.4, 0.5) is 8.78 Å². The fraction of sp³-hybridized carbons (Fsp3) is 0.346. The maximum Gasteiger partial charge on any atom is 0.332 e. The number of fused-ring (bicyclic) bond motifs is 1. The van der Waals surface area contributed by atoms with E-state index in [1.807, 2.05) is 51.1 Å². The van der Waals surface area contributed by atoms with Gasteiger partial charge in [-0.2, -0.15) is 5.10 Å². The van der Waals surface area contributed by atoms with E-state index in [9.17, 15) is 18.4 Å². The lowest BCUT2D eigenvalue weighted by molar-refractivity contribution is 0.0174. The van der Waals surface area contributed by atoms with Crippen LogP contribution in [0.2, 0.25) is 0 Å². The van der Waals surface area contributed by atoms with Gasteiger partial charge in [0.1, 0.15) is 10.4 Å². The summed E-state index contributed by atoms with van der Waals surface area (Å²) in [5.74, 6) is -2.93. The van der Waals surface area contributed by atoms with Crippen molar-refractivity contribution >= 4 is 22.8 Å². The Morgan fingerprint density at radius 2 is 1.57 bits per heavy atom. The van der Waals surface area contributed by atoms with Crippen LogP contribution in [-0.4, -0.2) is 18.9 Å². The molecule has 0 atom stereocenters. The highest BCUT2D eigenvalue weighted by Crippen LogP contribution is 2.33. The number of halogens is 2. The highest BCUT2D eigenvalue weighted by molar-refractivity contribution is 7.99. The van der Waals surface area contributed by atoms with Crippen molar-refractivity contribution in [3.8, 4) is 0 Å². The first-order valence-corrected chi connectivity index (χ1v) is 12.1. The lowest BCUT2D eigenvalue weighted by Gasteiger charge is -2.20. The van der Waals surface area contributed by atoms with E-state index in [0.29, 0.717) is 22.6 Å². The van der Waals surface area contributed by atoms with Gasteiger partial charge in [-0.15, -0.1) is 0 Å². The van der Waals surface area contributed by atoms with Gasteiger partial charge in [0, 0.05) is 31.0 Å². The van der Waals surface area contributed by atoms with Crippen LogP contribution in [0.25, 0.3) is 11.0 Å². The summed E-state index contributed by atoms with van der Waals surface area (Å²) in [6.45, 7) is 7.53. The standard InChI is InChI=1S/C26H28F2N4O2S/c1-25(2,3)16-31-21-20(22(33)30(5)24(31)34)23(35-19-9-7-6-8-10-19)32(29-21)15-17-11-13-18(14-12-17)26(4,27)28/h6-14H,15-16H2,1-5H3. The van der Waals surface area contributed by atoms with Crippen LogP contribution in [0.1, 0.15) is 38.8 Å². The Morgan fingerprint density at radius 1 is 0.943 bits per heavy atom. The molecule has 0 spiro atoms. The van der Waals surface area contributed by atoms with Crippen molar-refractivity contribution in [2.45, 2.75) is 56.6 Å². The Hall–Kier alpha value is -3.20. The minimum Gasteiger partial charge on any atom is -0.275 e. The van der Waals surface area contributed by atoms with E-state index in [0.717, 1.165) is 21.9 Å². The van der Waals surface area contributed by atoms with E-state index < -0.39 is 17.2 Å². The smallest absolute Gasteiger partial charge is 0.275 e. The molecular formula is C26H28F2N4O2S. The second-order valence-corrected chi connectivity index (χ2v) is 11.0. The molecule has 2 heterocycles. The Kier molecular flexibility index (Phi) is 6.48. The largest absolute Gasteiger partial charge is 0.332 e. The molecule has 4 aromatic rings. The monoisotopic (exact) mass is 498 g/mol. The third kappa shape index (κ3) is 5.24. The van der Waals surface area contributed by atoms with Crippen molar-refractivity contribution in [2.24, 2.45) is 12.5 Å². The molecule has 6 nitrogen and oxygen atoms in total. The normalized spacial score (nSPS) is 12.4. The molecule has 0 saturated heterocycles. The zero-order valence-corrected chi connectivity index (χ0v) is 21.2. The summed E-state index contributed by atoms with van der Waals surface area (Å²) in [5.41, 5.74) is -0.0657. The summed E-state index contributed by atoms with van der Waals surface area (Å²) >= 11 is 1.38. The SMILES string of the molecule is Cn1c(=O)c2c(Sc3ccccc3)n(Cc3ccc(C(C)(F)F)cc3)nc2n(CC(C)(C)C)c1=O. The molecule has 0 bridgehead atoms. The van der Waals surface area contributed by atoms with Crippen LogP contribution < -0.4 is 11.2 Å². The van der Waals surface area contributed by atoms with Crippen LogP contribution in [0.5, 0.6) is 0 Å². The van der Waals surface area contributed by atoms with Gasteiger partial charge >= 0.3 is 5.69 Å². The summed E-state index contributed by atoms with van der Waals surface area (Å²) in [5, 5.41) is 5.68. The maximum absolute atomic E-state index is 13.7. The molecule has 0 unspecified atom stereocenters. The molecule has 0 radical (unpaired) electrons. The van der Waals surface area contributed by atoms with Crippen LogP contribution >= 0.6 is 11.8 Å². The van der Waals surface area contributed by atoms with Gasteiger partial charge in [-0.05, 0) is 23.1 Å². The molecule has 9 heteroatoms. The van der Waals surface area contributed by atoms with E-state index in [-0.39, 0.29) is 17.5 Å². The number of aromatic nitrogens is 4. The molecule has 184 valence electrons. The van der Waals surface area contributed by atoms with Gasteiger partial charge in [-0.3, -0.25) is 18.6 Å². The van der Waals surface area contributed by atoms with Crippen LogP contribution in [0, 0.1) is 5.41 Å². The van der Waals surface area contributed by atoms with Crippen molar-refractivity contribution in [3.63, 3.8) is 0 Å². The number of benzene rings is 2. The average Bonchev–Trinajstić information content (AvgIpc) is 3.13. The highest BCUT2D eigenvalue weighted by Gasteiger charge is 2.26. The Morgan fingerprint density at radius 3 is 2.14 bits per heavy atom. The van der Waals surface area contributed by atoms with Crippen molar-refractivity contribution in [2.75, 3.05) is 0 Å². The molecule has 0 fully saturated rings. The fourth-order valence-corrected chi connectivity index (χ4v) is 4.85. The topological polar surface area (TPSA) is 61.8 Å². The lowest BCUT2D eigenvalue weighted by Crippen LogP contribution is -2.40. The zero-order valence-electron chi connectivity index (χ0n) is 20.4. The van der Waals surface area contributed by atoms with E-state index in [4.69, 9.17) is 5.10 Å². The molecule has 0 aliphatic carbocycles. The molecule has 0 saturated carbocycles. The van der Waals surface area contributed by atoms with Crippen LogP contribution in [0.3, 0.4) is 0 Å². The summed E-state index contributed by atoms with van der Waals surface area (Å²) < 4.78 is 31.7. The molecule has 0 amide bonds. The number of hydrogen-bond donors (Lipinski definition) is 0. The number of nitrogens with zero attached hydrogens (tertiary/aromatic N) is 4. The summed E-state index contributed by atoms with van der Waals surface area (Å²) in [6, 6.07) is 15.7. The van der Waals surface area contributed by atoms with Crippen molar-refractivity contribution in [1.82, 2.24) is 18.9 Å². The van der Waals surface area contributed by atoms with Gasteiger partial charge < -0.3 is 0 Å². The molecule has 0 aliphatic heterocycles. The molecule has 2 aromatic heterocycles. The number of rotatable bonds is 6. The van der Waals surface area contributed by atoms with E-state index >= 15 is 0 Å². The number of hydrogen-bond acceptors (Lipinski definition) is 4. The van der Waals surface area contributed by atoms with Gasteiger partial charge in [-0.25, -0.2) is 13.6 Å². The van der Waals surface area contributed by atoms with Crippen LogP contribution in [0.15, 0.2) is 74.1 Å². The first-order valence-electron chi connectivity index (χ1n) is 11.3. The van der Waals surface area contributed by atoms with Crippen molar-refractivity contribution < 1.29 is 8.78 Å². The highest BCUT2D eigenvalue weighted by atomic mass is 32.2. The molecule has 2 aromatic carbocycles. The predicted octanol–water partition coefficient (Wildman–Crippen LogP) is 5.25. The van der Waals surface area contributed by atoms with Crippen molar-refractivity contribution in [1.29, 1.82) is 0 Å². The fourth-order valence-electron chi connectivity index (χ4n) is 3.84. The summed E-state index contributed by atoms with van der Waals surface area (Å²) in [6.07, 6.45) is 0. The van der Waals surface area contributed by atoms with Gasteiger partial charge in [0.15, 0.2) is 5.65 Å². The van der Waals surface area contributed by atoms with Gasteiger partial charge in [-0.1, -0.05) is 75.0 Å². The van der Waals surface area contributed by atoms with Gasteiger partial charge in [0.2, 0.25) is 0 Å². The Balaban J connectivity index is 1.92. The second kappa shape index (κ2) is 9.11. The third-order valence-corrected chi connectivity index (χ3v) is 6.68. The van der Waals surface area contributed by atoms with E-state index in [2.05, 4.69) is 0 Å². The summed E-state index contributed by atoms with van der Waals surface area (Å²) in [4.78, 5) is 27.3. The first kappa shape index (κ1) is 24.9. The van der Waals surface area contributed by atoms with Gasteiger partial charge in [0.05, 0.1) is 6.54 Å². The number of alkyl halides is 2. The minimum absolute atomic E-state index is 0.0707. The molecule has 4 rings (SSSR count). The molecule has 0 aliphatic rings. The zero-order chi connectivity index (χ0) is 25.5. The summed E-state index contributed by atoms with van der Waals surface area (Å²) in [7, 11) is 1.47. The van der Waals surface area contributed by atoms with Crippen LogP contribution in [-0.2, 0) is 26.1 Å². The van der Waals surface area contributed by atoms with Gasteiger partial charge in [0.25, 0.3) is 11.5 Å². The molecule has 35 heavy (non-hydrogen) atoms. The van der Waals surface area contributed by atoms with E-state index in [1.165, 1.54) is 30.9 Å². The van der Waals surface area contributed by atoms with Crippen molar-refractivity contribution in [3.05, 3.63) is 86.6 Å². The third-order valence-electron chi connectivity index (χ3n) is 5.56. The molecule has 0 N–H and O–H groups in total. The molecular weight excluding hydrogens is 470 g/mol. The first-order chi connectivity index (χ1) is 16.3. The second-order valence-electron chi connectivity index (χ2n) is 9.96.